The fourth-order valence-corrected chi connectivity index (χ4v) is 4.19. The molecule has 2 aliphatic heterocycles. The molecule has 1 saturated heterocycles. The normalized spacial score (nSPS) is 20.5. The molecule has 0 saturated carbocycles. The maximum atomic E-state index is 12.6. The second-order valence-corrected chi connectivity index (χ2v) is 8.43. The van der Waals surface area contributed by atoms with Gasteiger partial charge in [-0.25, -0.2) is 5.06 Å². The van der Waals surface area contributed by atoms with Crippen molar-refractivity contribution in [1.29, 1.82) is 0 Å². The lowest BCUT2D eigenvalue weighted by molar-refractivity contribution is -0.181. The Bertz CT molecular complexity index is 866. The summed E-state index contributed by atoms with van der Waals surface area (Å²) in [5.41, 5.74) is 4.49. The Labute approximate surface area is 190 Å². The quantitative estimate of drug-likeness (QED) is 0.543. The zero-order valence-electron chi connectivity index (χ0n) is 18.8. The van der Waals surface area contributed by atoms with Crippen LogP contribution < -0.4 is 0 Å². The highest BCUT2D eigenvalue weighted by atomic mass is 16.7. The number of hydrogen-bond donors (Lipinski definition) is 0. The number of hydrogen-bond acceptors (Lipinski definition) is 5. The lowest BCUT2D eigenvalue weighted by Gasteiger charge is -2.28. The Balaban J connectivity index is 1.28. The molecular formula is C26H33NO5. The third kappa shape index (κ3) is 6.39. The Morgan fingerprint density at radius 3 is 2.75 bits per heavy atom. The molecule has 0 bridgehead atoms. The van der Waals surface area contributed by atoms with Crippen molar-refractivity contribution in [2.45, 2.75) is 57.5 Å². The molecule has 2 aromatic carbocycles. The predicted molar refractivity (Wildman–Crippen MR) is 121 cm³/mol. The van der Waals surface area contributed by atoms with Gasteiger partial charge in [0.1, 0.15) is 6.61 Å². The van der Waals surface area contributed by atoms with Gasteiger partial charge in [-0.05, 0) is 47.9 Å². The largest absolute Gasteiger partial charge is 0.373 e. The number of benzene rings is 2. The molecule has 6 heteroatoms. The summed E-state index contributed by atoms with van der Waals surface area (Å²) >= 11 is 0. The van der Waals surface area contributed by atoms with Crippen LogP contribution in [0.4, 0.5) is 0 Å². The van der Waals surface area contributed by atoms with Crippen LogP contribution in [0.1, 0.15) is 54.0 Å². The summed E-state index contributed by atoms with van der Waals surface area (Å²) in [6, 6.07) is 16.1. The Morgan fingerprint density at radius 2 is 1.94 bits per heavy atom. The minimum atomic E-state index is -0.0682. The van der Waals surface area contributed by atoms with E-state index in [1.54, 1.807) is 7.05 Å². The second kappa shape index (κ2) is 11.6. The van der Waals surface area contributed by atoms with E-state index in [2.05, 4.69) is 12.1 Å². The Morgan fingerprint density at radius 1 is 1.06 bits per heavy atom. The first kappa shape index (κ1) is 22.9. The molecule has 2 aliphatic rings. The molecule has 0 spiro atoms. The van der Waals surface area contributed by atoms with Crippen LogP contribution in [0.5, 0.6) is 0 Å². The number of carbonyl (C=O) groups excluding carboxylic acids is 1. The van der Waals surface area contributed by atoms with Crippen molar-refractivity contribution in [2.75, 3.05) is 26.9 Å². The van der Waals surface area contributed by atoms with E-state index in [1.807, 2.05) is 36.4 Å². The molecular weight excluding hydrogens is 406 g/mol. The number of amides is 1. The molecule has 2 heterocycles. The SMILES string of the molecule is CN(OCc1ccccc1)C(=O)Cc1ccc2c(c1)CCO[C@H]2CCOC1CCCCO1. The van der Waals surface area contributed by atoms with E-state index in [-0.39, 0.29) is 18.3 Å². The monoisotopic (exact) mass is 439 g/mol. The molecule has 0 N–H and O–H groups in total. The van der Waals surface area contributed by atoms with Crippen LogP contribution in [-0.2, 0) is 43.3 Å². The van der Waals surface area contributed by atoms with Crippen molar-refractivity contribution in [3.05, 3.63) is 70.8 Å². The zero-order valence-corrected chi connectivity index (χ0v) is 18.8. The number of likely N-dealkylation sites (N-methyl/N-ethyl adjacent to an activating group) is 1. The van der Waals surface area contributed by atoms with Crippen molar-refractivity contribution < 1.29 is 23.8 Å². The number of ether oxygens (including phenoxy) is 3. The highest BCUT2D eigenvalue weighted by Gasteiger charge is 2.23. The molecule has 1 amide bonds. The first-order valence-corrected chi connectivity index (χ1v) is 11.6. The van der Waals surface area contributed by atoms with E-state index in [0.717, 1.165) is 43.4 Å². The minimum absolute atomic E-state index is 0.0315. The number of hydroxylamine groups is 2. The van der Waals surface area contributed by atoms with Gasteiger partial charge in [0.25, 0.3) is 0 Å². The molecule has 4 rings (SSSR count). The predicted octanol–water partition coefficient (Wildman–Crippen LogP) is 4.37. The molecule has 0 radical (unpaired) electrons. The maximum Gasteiger partial charge on any atom is 0.250 e. The number of fused-ring (bicyclic) bond motifs is 1. The zero-order chi connectivity index (χ0) is 22.2. The highest BCUT2D eigenvalue weighted by Crippen LogP contribution is 2.31. The lowest BCUT2D eigenvalue weighted by Crippen LogP contribution is -2.28. The third-order valence-electron chi connectivity index (χ3n) is 6.04. The number of rotatable bonds is 9. The third-order valence-corrected chi connectivity index (χ3v) is 6.04. The molecule has 1 unspecified atom stereocenters. The Kier molecular flexibility index (Phi) is 8.29. The van der Waals surface area contributed by atoms with Crippen LogP contribution in [0.2, 0.25) is 0 Å². The molecule has 2 aromatic rings. The van der Waals surface area contributed by atoms with Crippen molar-refractivity contribution in [3.8, 4) is 0 Å². The molecule has 2 atom stereocenters. The number of carbonyl (C=O) groups is 1. The van der Waals surface area contributed by atoms with Gasteiger partial charge in [-0.15, -0.1) is 0 Å². The van der Waals surface area contributed by atoms with Gasteiger partial charge in [0.2, 0.25) is 5.91 Å². The van der Waals surface area contributed by atoms with E-state index >= 15 is 0 Å². The molecule has 172 valence electrons. The average molecular weight is 440 g/mol. The van der Waals surface area contributed by atoms with Gasteiger partial charge in [-0.2, -0.15) is 0 Å². The van der Waals surface area contributed by atoms with Crippen LogP contribution in [0, 0.1) is 0 Å². The fraction of sp³-hybridized carbons (Fsp3) is 0.500. The van der Waals surface area contributed by atoms with Gasteiger partial charge >= 0.3 is 0 Å². The summed E-state index contributed by atoms with van der Waals surface area (Å²) in [7, 11) is 1.67. The first-order chi connectivity index (χ1) is 15.7. The van der Waals surface area contributed by atoms with Crippen LogP contribution >= 0.6 is 0 Å². The van der Waals surface area contributed by atoms with Crippen LogP contribution in [0.3, 0.4) is 0 Å². The van der Waals surface area contributed by atoms with Crippen molar-refractivity contribution in [1.82, 2.24) is 5.06 Å². The van der Waals surface area contributed by atoms with Gasteiger partial charge in [0.15, 0.2) is 6.29 Å². The van der Waals surface area contributed by atoms with Crippen LogP contribution in [-0.4, -0.2) is 44.1 Å². The van der Waals surface area contributed by atoms with E-state index in [1.165, 1.54) is 22.6 Å². The molecule has 1 fully saturated rings. The topological polar surface area (TPSA) is 57.2 Å². The summed E-state index contributed by atoms with van der Waals surface area (Å²) in [5.74, 6) is -0.0645. The van der Waals surface area contributed by atoms with Gasteiger partial charge in [-0.1, -0.05) is 48.5 Å². The average Bonchev–Trinajstić information content (AvgIpc) is 2.84. The van der Waals surface area contributed by atoms with Crippen molar-refractivity contribution in [2.24, 2.45) is 0 Å². The highest BCUT2D eigenvalue weighted by molar-refractivity contribution is 5.77. The standard InChI is InChI=1S/C26H33NO5/c1-27(32-19-20-7-3-2-4-8-20)25(28)18-21-10-11-23-22(17-21)12-15-29-24(23)13-16-31-26-9-5-6-14-30-26/h2-4,7-8,10-11,17,24,26H,5-6,9,12-16,18-19H2,1H3/t24-,26?/m0/s1. The van der Waals surface area contributed by atoms with Crippen LogP contribution in [0.15, 0.2) is 48.5 Å². The molecule has 32 heavy (non-hydrogen) atoms. The Hall–Kier alpha value is -2.25. The minimum Gasteiger partial charge on any atom is -0.373 e. The maximum absolute atomic E-state index is 12.6. The molecule has 0 aliphatic carbocycles. The smallest absolute Gasteiger partial charge is 0.250 e. The van der Waals surface area contributed by atoms with Gasteiger partial charge < -0.3 is 14.2 Å². The van der Waals surface area contributed by atoms with Crippen molar-refractivity contribution >= 4 is 5.91 Å². The van der Waals surface area contributed by atoms with E-state index < -0.39 is 0 Å². The number of nitrogens with zero attached hydrogens (tertiary/aromatic N) is 1. The fourth-order valence-electron chi connectivity index (χ4n) is 4.19. The molecule has 0 aromatic heterocycles. The van der Waals surface area contributed by atoms with E-state index in [9.17, 15) is 4.79 Å². The lowest BCUT2D eigenvalue weighted by atomic mass is 9.93. The van der Waals surface area contributed by atoms with Gasteiger partial charge in [0, 0.05) is 20.1 Å². The summed E-state index contributed by atoms with van der Waals surface area (Å²) in [4.78, 5) is 18.2. The summed E-state index contributed by atoms with van der Waals surface area (Å²) in [6.07, 6.45) is 5.21. The van der Waals surface area contributed by atoms with E-state index in [4.69, 9.17) is 19.0 Å². The van der Waals surface area contributed by atoms with Gasteiger partial charge in [0.05, 0.1) is 25.7 Å². The second-order valence-electron chi connectivity index (χ2n) is 8.43. The summed E-state index contributed by atoms with van der Waals surface area (Å²) in [6.45, 7) is 2.48. The van der Waals surface area contributed by atoms with Gasteiger partial charge in [-0.3, -0.25) is 9.63 Å². The summed E-state index contributed by atoms with van der Waals surface area (Å²) in [5, 5.41) is 1.34. The van der Waals surface area contributed by atoms with Crippen molar-refractivity contribution in [3.63, 3.8) is 0 Å². The molecule has 6 nitrogen and oxygen atoms in total. The van der Waals surface area contributed by atoms with E-state index in [0.29, 0.717) is 26.2 Å². The first-order valence-electron chi connectivity index (χ1n) is 11.6. The van der Waals surface area contributed by atoms with Crippen LogP contribution in [0.25, 0.3) is 0 Å². The summed E-state index contributed by atoms with van der Waals surface area (Å²) < 4.78 is 17.5.